The Hall–Kier alpha value is -3.08. The maximum Gasteiger partial charge on any atom is 0.282 e. The van der Waals surface area contributed by atoms with E-state index in [-0.39, 0.29) is 16.9 Å². The van der Waals surface area contributed by atoms with Crippen LogP contribution in [0.3, 0.4) is 0 Å². The van der Waals surface area contributed by atoms with E-state index in [1.54, 1.807) is 6.92 Å². The number of aryl methyl sites for hydroxylation is 1. The maximum atomic E-state index is 12.6. The lowest BCUT2D eigenvalue weighted by Crippen LogP contribution is -2.20. The minimum atomic E-state index is -0.339. The fraction of sp³-hybridized carbons (Fsp3) is 0.111. The molecule has 1 aliphatic heterocycles. The van der Waals surface area contributed by atoms with Gasteiger partial charge in [-0.3, -0.25) is 14.7 Å². The molecule has 116 valence electrons. The number of ketones is 1. The van der Waals surface area contributed by atoms with Crippen LogP contribution in [0, 0.1) is 6.92 Å². The Morgan fingerprint density at radius 3 is 2.61 bits per heavy atom. The van der Waals surface area contributed by atoms with Crippen molar-refractivity contribution in [2.24, 2.45) is 0 Å². The molecule has 2 heterocycles. The highest BCUT2D eigenvalue weighted by atomic mass is 16.2. The van der Waals surface area contributed by atoms with Crippen LogP contribution in [0.5, 0.6) is 0 Å². The monoisotopic (exact) mass is 307 g/mol. The van der Waals surface area contributed by atoms with Crippen molar-refractivity contribution in [2.75, 3.05) is 7.05 Å². The Bertz CT molecular complexity index is 883. The highest BCUT2D eigenvalue weighted by Gasteiger charge is 2.18. The van der Waals surface area contributed by atoms with Crippen LogP contribution in [-0.4, -0.2) is 27.5 Å². The van der Waals surface area contributed by atoms with Crippen molar-refractivity contribution in [1.29, 1.82) is 0 Å². The predicted molar refractivity (Wildman–Crippen MR) is 89.6 cm³/mol. The van der Waals surface area contributed by atoms with Gasteiger partial charge in [0.2, 0.25) is 0 Å². The van der Waals surface area contributed by atoms with Crippen LogP contribution >= 0.6 is 0 Å². The number of carbonyl (C=O) groups is 1. The molecule has 0 amide bonds. The van der Waals surface area contributed by atoms with E-state index in [2.05, 4.69) is 5.10 Å². The SMILES string of the molecule is Cc1[nH]n(-c2ccccc2)c(=O)c1C(=O)/C=C1\C=CC=CN1C. The zero-order valence-corrected chi connectivity index (χ0v) is 13.0. The van der Waals surface area contributed by atoms with E-state index in [1.807, 2.05) is 66.7 Å². The van der Waals surface area contributed by atoms with E-state index >= 15 is 0 Å². The van der Waals surface area contributed by atoms with Crippen LogP contribution in [0.15, 0.2) is 71.3 Å². The van der Waals surface area contributed by atoms with Crippen LogP contribution in [0.2, 0.25) is 0 Å². The first-order chi connectivity index (χ1) is 11.1. The van der Waals surface area contributed by atoms with Gasteiger partial charge in [0.05, 0.1) is 5.69 Å². The molecule has 1 N–H and O–H groups in total. The van der Waals surface area contributed by atoms with Crippen molar-refractivity contribution in [3.05, 3.63) is 88.1 Å². The van der Waals surface area contributed by atoms with Crippen molar-refractivity contribution in [3.8, 4) is 5.69 Å². The van der Waals surface area contributed by atoms with Crippen LogP contribution in [0.25, 0.3) is 5.69 Å². The number of carbonyl (C=O) groups excluding carboxylic acids is 1. The number of hydrogen-bond donors (Lipinski definition) is 1. The molecule has 0 saturated carbocycles. The number of aromatic nitrogens is 2. The van der Waals surface area contributed by atoms with E-state index in [9.17, 15) is 9.59 Å². The maximum absolute atomic E-state index is 12.6. The molecule has 0 fully saturated rings. The van der Waals surface area contributed by atoms with Gasteiger partial charge in [0.1, 0.15) is 5.56 Å². The molecule has 3 rings (SSSR count). The summed E-state index contributed by atoms with van der Waals surface area (Å²) in [6.45, 7) is 1.73. The zero-order valence-electron chi connectivity index (χ0n) is 13.0. The normalized spacial score (nSPS) is 15.4. The van der Waals surface area contributed by atoms with E-state index in [0.29, 0.717) is 11.4 Å². The summed E-state index contributed by atoms with van der Waals surface area (Å²) in [5, 5.41) is 2.97. The van der Waals surface area contributed by atoms with Crippen molar-refractivity contribution in [1.82, 2.24) is 14.7 Å². The molecular weight excluding hydrogens is 290 g/mol. The number of para-hydroxylation sites is 1. The smallest absolute Gasteiger partial charge is 0.282 e. The Balaban J connectivity index is 2.01. The summed E-state index contributed by atoms with van der Waals surface area (Å²) < 4.78 is 1.39. The van der Waals surface area contributed by atoms with Crippen molar-refractivity contribution < 1.29 is 4.79 Å². The second kappa shape index (κ2) is 5.96. The van der Waals surface area contributed by atoms with Gasteiger partial charge in [-0.1, -0.05) is 24.3 Å². The van der Waals surface area contributed by atoms with Crippen LogP contribution < -0.4 is 5.56 Å². The number of H-pyrrole nitrogens is 1. The average molecular weight is 307 g/mol. The number of allylic oxidation sites excluding steroid dienone is 4. The van der Waals surface area contributed by atoms with E-state index in [1.165, 1.54) is 10.8 Å². The number of hydrogen-bond acceptors (Lipinski definition) is 3. The quantitative estimate of drug-likeness (QED) is 0.700. The third-order valence-electron chi connectivity index (χ3n) is 3.71. The number of aromatic amines is 1. The minimum absolute atomic E-state index is 0.165. The molecule has 0 spiro atoms. The number of nitrogens with one attached hydrogen (secondary N) is 1. The summed E-state index contributed by atoms with van der Waals surface area (Å²) >= 11 is 0. The average Bonchev–Trinajstić information content (AvgIpc) is 2.85. The van der Waals surface area contributed by atoms with Gasteiger partial charge < -0.3 is 4.90 Å². The number of rotatable bonds is 3. The topological polar surface area (TPSA) is 58.1 Å². The molecule has 0 atom stereocenters. The Morgan fingerprint density at radius 2 is 1.91 bits per heavy atom. The summed E-state index contributed by atoms with van der Waals surface area (Å²) in [6.07, 6.45) is 8.89. The Morgan fingerprint density at radius 1 is 1.17 bits per heavy atom. The van der Waals surface area contributed by atoms with Gasteiger partial charge in [0, 0.05) is 30.7 Å². The van der Waals surface area contributed by atoms with Gasteiger partial charge >= 0.3 is 0 Å². The lowest BCUT2D eigenvalue weighted by Gasteiger charge is -2.17. The fourth-order valence-electron chi connectivity index (χ4n) is 2.49. The summed E-state index contributed by atoms with van der Waals surface area (Å²) in [7, 11) is 1.85. The highest BCUT2D eigenvalue weighted by Crippen LogP contribution is 2.13. The molecule has 0 unspecified atom stereocenters. The van der Waals surface area contributed by atoms with E-state index in [4.69, 9.17) is 0 Å². The minimum Gasteiger partial charge on any atom is -0.351 e. The summed E-state index contributed by atoms with van der Waals surface area (Å²) in [5.41, 5.74) is 1.82. The molecule has 23 heavy (non-hydrogen) atoms. The first-order valence-corrected chi connectivity index (χ1v) is 7.28. The third kappa shape index (κ3) is 2.81. The standard InChI is InChI=1S/C18H17N3O2/c1-13-17(16(22)12-15-10-6-7-11-20(15)2)18(23)21(19-13)14-8-4-3-5-9-14/h3-12,19H,1-2H3/b15-12+. The molecule has 0 radical (unpaired) electrons. The predicted octanol–water partition coefficient (Wildman–Crippen LogP) is 2.56. The molecule has 0 aliphatic carbocycles. The zero-order chi connectivity index (χ0) is 16.4. The fourth-order valence-corrected chi connectivity index (χ4v) is 2.49. The van der Waals surface area contributed by atoms with E-state index < -0.39 is 0 Å². The van der Waals surface area contributed by atoms with Gasteiger partial charge in [0.25, 0.3) is 5.56 Å². The first-order valence-electron chi connectivity index (χ1n) is 7.28. The van der Waals surface area contributed by atoms with Crippen LogP contribution in [0.1, 0.15) is 16.1 Å². The highest BCUT2D eigenvalue weighted by molar-refractivity contribution is 6.05. The molecule has 5 heteroatoms. The Labute approximate surface area is 133 Å². The van der Waals surface area contributed by atoms with Crippen molar-refractivity contribution >= 4 is 5.78 Å². The van der Waals surface area contributed by atoms with E-state index in [0.717, 1.165) is 5.70 Å². The molecule has 2 aromatic rings. The first kappa shape index (κ1) is 14.8. The van der Waals surface area contributed by atoms with Gasteiger partial charge in [0.15, 0.2) is 5.78 Å². The molecule has 1 aliphatic rings. The second-order valence-corrected chi connectivity index (χ2v) is 5.33. The lowest BCUT2D eigenvalue weighted by atomic mass is 10.1. The third-order valence-corrected chi connectivity index (χ3v) is 3.71. The largest absolute Gasteiger partial charge is 0.351 e. The van der Waals surface area contributed by atoms with Crippen LogP contribution in [-0.2, 0) is 0 Å². The molecule has 1 aromatic heterocycles. The molecular formula is C18H17N3O2. The lowest BCUT2D eigenvalue weighted by molar-refractivity contribution is 0.104. The number of benzene rings is 1. The summed E-state index contributed by atoms with van der Waals surface area (Å²) in [5.74, 6) is -0.305. The van der Waals surface area contributed by atoms with Crippen molar-refractivity contribution in [2.45, 2.75) is 6.92 Å². The van der Waals surface area contributed by atoms with Gasteiger partial charge in [-0.15, -0.1) is 0 Å². The number of likely N-dealkylation sites (N-methyl/N-ethyl adjacent to an activating group) is 1. The summed E-state index contributed by atoms with van der Waals surface area (Å²) in [6, 6.07) is 9.18. The molecule has 0 bridgehead atoms. The van der Waals surface area contributed by atoms with Crippen LogP contribution in [0.4, 0.5) is 0 Å². The molecule has 5 nitrogen and oxygen atoms in total. The van der Waals surface area contributed by atoms with Gasteiger partial charge in [-0.05, 0) is 31.2 Å². The Kier molecular flexibility index (Phi) is 3.85. The molecule has 1 aromatic carbocycles. The van der Waals surface area contributed by atoms with Crippen molar-refractivity contribution in [3.63, 3.8) is 0 Å². The second-order valence-electron chi connectivity index (χ2n) is 5.33. The van der Waals surface area contributed by atoms with Gasteiger partial charge in [-0.2, -0.15) is 0 Å². The molecule has 0 saturated heterocycles. The summed E-state index contributed by atoms with van der Waals surface area (Å²) in [4.78, 5) is 27.0. The van der Waals surface area contributed by atoms with Gasteiger partial charge in [-0.25, -0.2) is 4.68 Å². The number of nitrogens with zero attached hydrogens (tertiary/aromatic N) is 2.